The predicted molar refractivity (Wildman–Crippen MR) is 57.6 cm³/mol. The molecule has 0 saturated carbocycles. The zero-order chi connectivity index (χ0) is 10.6. The van der Waals surface area contributed by atoms with Gasteiger partial charge >= 0.3 is 0 Å². The highest BCUT2D eigenvalue weighted by Crippen LogP contribution is 2.10. The van der Waals surface area contributed by atoms with Gasteiger partial charge in [0.05, 0.1) is 4.90 Å². The van der Waals surface area contributed by atoms with Crippen LogP contribution in [-0.2, 0) is 9.84 Å². The summed E-state index contributed by atoms with van der Waals surface area (Å²) in [5, 5.41) is 0. The second-order valence-electron chi connectivity index (χ2n) is 2.98. The van der Waals surface area contributed by atoms with Crippen molar-refractivity contribution in [3.63, 3.8) is 0 Å². The molecule has 0 aromatic heterocycles. The molecule has 14 heavy (non-hydrogen) atoms. The molecule has 1 rings (SSSR count). The predicted octanol–water partition coefficient (Wildman–Crippen LogP) is 1.06. The zero-order valence-corrected chi connectivity index (χ0v) is 8.79. The van der Waals surface area contributed by atoms with Gasteiger partial charge in [-0.3, -0.25) is 0 Å². The Morgan fingerprint density at radius 2 is 1.86 bits per heavy atom. The van der Waals surface area contributed by atoms with E-state index in [-0.39, 0.29) is 0 Å². The lowest BCUT2D eigenvalue weighted by atomic mass is 10.2. The van der Waals surface area contributed by atoms with Crippen molar-refractivity contribution in [2.45, 2.75) is 4.90 Å². The minimum atomic E-state index is -3.09. The van der Waals surface area contributed by atoms with Crippen molar-refractivity contribution in [2.24, 2.45) is 5.73 Å². The van der Waals surface area contributed by atoms with Gasteiger partial charge in [-0.2, -0.15) is 0 Å². The van der Waals surface area contributed by atoms with Crippen LogP contribution in [0.2, 0.25) is 0 Å². The molecule has 2 N–H and O–H groups in total. The normalized spacial score (nSPS) is 12.1. The molecule has 0 radical (unpaired) electrons. The van der Waals surface area contributed by atoms with Gasteiger partial charge in [0.2, 0.25) is 0 Å². The average molecular weight is 211 g/mol. The van der Waals surface area contributed by atoms with E-state index < -0.39 is 9.84 Å². The summed E-state index contributed by atoms with van der Waals surface area (Å²) in [5.74, 6) is 0. The maximum Gasteiger partial charge on any atom is 0.175 e. The molecular formula is C10H13NO2S. The molecule has 0 saturated heterocycles. The largest absolute Gasteiger partial charge is 0.327 e. The molecule has 0 unspecified atom stereocenters. The van der Waals surface area contributed by atoms with Crippen molar-refractivity contribution in [2.75, 3.05) is 12.8 Å². The maximum absolute atomic E-state index is 11.1. The van der Waals surface area contributed by atoms with Crippen LogP contribution in [0.15, 0.2) is 35.2 Å². The van der Waals surface area contributed by atoms with Crippen molar-refractivity contribution in [1.29, 1.82) is 0 Å². The van der Waals surface area contributed by atoms with E-state index in [0.29, 0.717) is 11.4 Å². The Balaban J connectivity index is 2.95. The van der Waals surface area contributed by atoms with Gasteiger partial charge in [0.1, 0.15) is 0 Å². The molecule has 76 valence electrons. The molecule has 0 atom stereocenters. The lowest BCUT2D eigenvalue weighted by molar-refractivity contribution is 0.602. The lowest BCUT2D eigenvalue weighted by Gasteiger charge is -1.98. The van der Waals surface area contributed by atoms with Crippen LogP contribution < -0.4 is 5.73 Å². The third-order valence-corrected chi connectivity index (χ3v) is 2.88. The van der Waals surface area contributed by atoms with Crippen LogP contribution in [0.25, 0.3) is 6.08 Å². The van der Waals surface area contributed by atoms with Crippen LogP contribution in [0, 0.1) is 0 Å². The first-order valence-corrected chi connectivity index (χ1v) is 6.10. The lowest BCUT2D eigenvalue weighted by Crippen LogP contribution is -1.96. The van der Waals surface area contributed by atoms with Crippen LogP contribution in [0.4, 0.5) is 0 Å². The molecule has 0 aliphatic heterocycles. The van der Waals surface area contributed by atoms with Crippen LogP contribution in [0.5, 0.6) is 0 Å². The van der Waals surface area contributed by atoms with E-state index in [1.54, 1.807) is 24.3 Å². The number of benzene rings is 1. The van der Waals surface area contributed by atoms with E-state index in [2.05, 4.69) is 0 Å². The molecular weight excluding hydrogens is 198 g/mol. The van der Waals surface area contributed by atoms with Crippen LogP contribution >= 0.6 is 0 Å². The second kappa shape index (κ2) is 4.39. The summed E-state index contributed by atoms with van der Waals surface area (Å²) in [5.41, 5.74) is 6.24. The third kappa shape index (κ3) is 2.97. The fraction of sp³-hybridized carbons (Fsp3) is 0.200. The van der Waals surface area contributed by atoms with E-state index in [0.717, 1.165) is 5.56 Å². The van der Waals surface area contributed by atoms with Gasteiger partial charge in [-0.05, 0) is 17.7 Å². The summed E-state index contributed by atoms with van der Waals surface area (Å²) in [7, 11) is -3.09. The minimum absolute atomic E-state index is 0.336. The standard InChI is InChI=1S/C10H13NO2S/c1-14(12,13)10-6-4-9(5-7-10)3-2-8-11/h2-7H,8,11H2,1H3/b3-2+. The average Bonchev–Trinajstić information content (AvgIpc) is 2.14. The number of hydrogen-bond acceptors (Lipinski definition) is 3. The molecule has 0 spiro atoms. The molecule has 4 heteroatoms. The van der Waals surface area contributed by atoms with Crippen LogP contribution in [-0.4, -0.2) is 21.2 Å². The van der Waals surface area contributed by atoms with Gasteiger partial charge in [0, 0.05) is 12.8 Å². The van der Waals surface area contributed by atoms with E-state index in [9.17, 15) is 8.42 Å². The Labute approximate surface area is 84.2 Å². The SMILES string of the molecule is CS(=O)(=O)c1ccc(/C=C/CN)cc1. The van der Waals surface area contributed by atoms with E-state index >= 15 is 0 Å². The summed E-state index contributed by atoms with van der Waals surface area (Å²) in [6, 6.07) is 6.68. The summed E-state index contributed by atoms with van der Waals surface area (Å²) >= 11 is 0. The Kier molecular flexibility index (Phi) is 3.43. The smallest absolute Gasteiger partial charge is 0.175 e. The van der Waals surface area contributed by atoms with Crippen molar-refractivity contribution < 1.29 is 8.42 Å². The fourth-order valence-electron chi connectivity index (χ4n) is 1.03. The van der Waals surface area contributed by atoms with Gasteiger partial charge in [-0.1, -0.05) is 24.3 Å². The van der Waals surface area contributed by atoms with Crippen LogP contribution in [0.3, 0.4) is 0 Å². The van der Waals surface area contributed by atoms with E-state index in [1.807, 2.05) is 12.2 Å². The molecule has 1 aromatic carbocycles. The number of nitrogens with two attached hydrogens (primary N) is 1. The van der Waals surface area contributed by atoms with E-state index in [1.165, 1.54) is 6.26 Å². The quantitative estimate of drug-likeness (QED) is 0.813. The van der Waals surface area contributed by atoms with E-state index in [4.69, 9.17) is 5.73 Å². The third-order valence-electron chi connectivity index (χ3n) is 1.75. The highest BCUT2D eigenvalue weighted by molar-refractivity contribution is 7.90. The first-order chi connectivity index (χ1) is 6.54. The molecule has 3 nitrogen and oxygen atoms in total. The number of hydrogen-bond donors (Lipinski definition) is 1. The van der Waals surface area contributed by atoms with Gasteiger partial charge in [0.15, 0.2) is 9.84 Å². The summed E-state index contributed by atoms with van der Waals surface area (Å²) < 4.78 is 22.2. The highest BCUT2D eigenvalue weighted by atomic mass is 32.2. The first kappa shape index (κ1) is 10.9. The highest BCUT2D eigenvalue weighted by Gasteiger charge is 2.04. The molecule has 0 fully saturated rings. The van der Waals surface area contributed by atoms with Crippen molar-refractivity contribution in [3.05, 3.63) is 35.9 Å². The zero-order valence-electron chi connectivity index (χ0n) is 7.97. The molecule has 0 aliphatic carbocycles. The summed E-state index contributed by atoms with van der Waals surface area (Å²) in [6.45, 7) is 0.480. The minimum Gasteiger partial charge on any atom is -0.327 e. The topological polar surface area (TPSA) is 60.2 Å². The Morgan fingerprint density at radius 3 is 2.29 bits per heavy atom. The molecule has 1 aromatic rings. The number of sulfone groups is 1. The molecule has 0 amide bonds. The Morgan fingerprint density at radius 1 is 1.29 bits per heavy atom. The maximum atomic E-state index is 11.1. The summed E-state index contributed by atoms with van der Waals surface area (Å²) in [6.07, 6.45) is 4.86. The van der Waals surface area contributed by atoms with Crippen molar-refractivity contribution >= 4 is 15.9 Å². The molecule has 0 aliphatic rings. The van der Waals surface area contributed by atoms with Gasteiger partial charge in [-0.15, -0.1) is 0 Å². The van der Waals surface area contributed by atoms with Gasteiger partial charge in [0.25, 0.3) is 0 Å². The van der Waals surface area contributed by atoms with Crippen LogP contribution in [0.1, 0.15) is 5.56 Å². The molecule has 0 bridgehead atoms. The van der Waals surface area contributed by atoms with Crippen molar-refractivity contribution in [1.82, 2.24) is 0 Å². The van der Waals surface area contributed by atoms with Crippen molar-refractivity contribution in [3.8, 4) is 0 Å². The first-order valence-electron chi connectivity index (χ1n) is 4.21. The fourth-order valence-corrected chi connectivity index (χ4v) is 1.66. The van der Waals surface area contributed by atoms with Gasteiger partial charge in [-0.25, -0.2) is 8.42 Å². The van der Waals surface area contributed by atoms with Gasteiger partial charge < -0.3 is 5.73 Å². The second-order valence-corrected chi connectivity index (χ2v) is 5.00. The molecule has 0 heterocycles. The monoisotopic (exact) mass is 211 g/mol. The Hall–Kier alpha value is -1.13. The Bertz CT molecular complexity index is 418. The number of rotatable bonds is 3. The summed E-state index contributed by atoms with van der Waals surface area (Å²) in [4.78, 5) is 0.336.